The van der Waals surface area contributed by atoms with Gasteiger partial charge in [0.15, 0.2) is 0 Å². The molecule has 0 fully saturated rings. The fourth-order valence-corrected chi connectivity index (χ4v) is 2.01. The van der Waals surface area contributed by atoms with Gasteiger partial charge in [0.1, 0.15) is 11.5 Å². The van der Waals surface area contributed by atoms with E-state index in [9.17, 15) is 0 Å². The van der Waals surface area contributed by atoms with Crippen LogP contribution in [0, 0.1) is 22.7 Å². The van der Waals surface area contributed by atoms with Gasteiger partial charge in [0.05, 0.1) is 41.5 Å². The average molecular weight is 313 g/mol. The maximum Gasteiger partial charge on any atom is 0.137 e. The van der Waals surface area contributed by atoms with Crippen LogP contribution in [0.1, 0.15) is 17.5 Å². The van der Waals surface area contributed by atoms with E-state index in [1.807, 2.05) is 6.07 Å². The molecule has 0 saturated heterocycles. The zero-order chi connectivity index (χ0) is 15.8. The Morgan fingerprint density at radius 1 is 0.909 bits per heavy atom. The van der Waals surface area contributed by atoms with Gasteiger partial charge in [0.2, 0.25) is 0 Å². The van der Waals surface area contributed by atoms with Crippen molar-refractivity contribution in [3.8, 4) is 23.6 Å². The largest absolute Gasteiger partial charge is 0.493 e. The molecule has 0 spiro atoms. The SMILES string of the molecule is N#Cc1cccc(OCCCOc2ccc(C#N)cc2Cl)c1. The number of nitrogens with zero attached hydrogens (tertiary/aromatic N) is 2. The summed E-state index contributed by atoms with van der Waals surface area (Å²) in [7, 11) is 0. The Balaban J connectivity index is 1.76. The van der Waals surface area contributed by atoms with Gasteiger partial charge in [-0.25, -0.2) is 0 Å². The van der Waals surface area contributed by atoms with E-state index >= 15 is 0 Å². The zero-order valence-electron chi connectivity index (χ0n) is 11.8. The summed E-state index contributed by atoms with van der Waals surface area (Å²) in [5, 5.41) is 18.0. The summed E-state index contributed by atoms with van der Waals surface area (Å²) in [4.78, 5) is 0. The van der Waals surface area contributed by atoms with Crippen LogP contribution >= 0.6 is 11.6 Å². The summed E-state index contributed by atoms with van der Waals surface area (Å²) in [5.41, 5.74) is 1.07. The molecule has 0 heterocycles. The van der Waals surface area contributed by atoms with Crippen molar-refractivity contribution in [1.29, 1.82) is 10.5 Å². The number of rotatable bonds is 6. The third kappa shape index (κ3) is 4.41. The van der Waals surface area contributed by atoms with Crippen LogP contribution in [0.5, 0.6) is 11.5 Å². The highest BCUT2D eigenvalue weighted by molar-refractivity contribution is 6.32. The fourth-order valence-electron chi connectivity index (χ4n) is 1.77. The summed E-state index contributed by atoms with van der Waals surface area (Å²) < 4.78 is 11.1. The van der Waals surface area contributed by atoms with Gasteiger partial charge in [-0.3, -0.25) is 0 Å². The van der Waals surface area contributed by atoms with Crippen LogP contribution in [-0.4, -0.2) is 13.2 Å². The monoisotopic (exact) mass is 312 g/mol. The number of benzene rings is 2. The maximum atomic E-state index is 8.80. The molecule has 0 aromatic heterocycles. The van der Waals surface area contributed by atoms with E-state index in [-0.39, 0.29) is 0 Å². The Morgan fingerprint density at radius 2 is 1.64 bits per heavy atom. The molecular weight excluding hydrogens is 300 g/mol. The van der Waals surface area contributed by atoms with E-state index in [0.29, 0.717) is 47.3 Å². The highest BCUT2D eigenvalue weighted by atomic mass is 35.5. The molecule has 0 aliphatic rings. The highest BCUT2D eigenvalue weighted by Gasteiger charge is 2.03. The van der Waals surface area contributed by atoms with E-state index < -0.39 is 0 Å². The minimum Gasteiger partial charge on any atom is -0.493 e. The Labute approximate surface area is 134 Å². The first-order valence-corrected chi connectivity index (χ1v) is 7.06. The van der Waals surface area contributed by atoms with Crippen molar-refractivity contribution in [3.63, 3.8) is 0 Å². The number of halogens is 1. The lowest BCUT2D eigenvalue weighted by molar-refractivity contribution is 0.247. The molecule has 2 rings (SSSR count). The second-order valence-corrected chi connectivity index (χ2v) is 4.85. The molecule has 2 aromatic rings. The van der Waals surface area contributed by atoms with E-state index in [0.717, 1.165) is 0 Å². The fraction of sp³-hybridized carbons (Fsp3) is 0.176. The summed E-state index contributed by atoms with van der Waals surface area (Å²) in [6, 6.07) is 16.0. The molecule has 0 atom stereocenters. The molecule has 2 aromatic carbocycles. The van der Waals surface area contributed by atoms with Crippen LogP contribution in [0.3, 0.4) is 0 Å². The number of ether oxygens (including phenoxy) is 2. The molecular formula is C17H13ClN2O2. The second-order valence-electron chi connectivity index (χ2n) is 4.45. The van der Waals surface area contributed by atoms with Gasteiger partial charge in [0, 0.05) is 6.42 Å². The van der Waals surface area contributed by atoms with Crippen molar-refractivity contribution in [1.82, 2.24) is 0 Å². The van der Waals surface area contributed by atoms with Crippen molar-refractivity contribution in [2.45, 2.75) is 6.42 Å². The Morgan fingerprint density at radius 3 is 2.36 bits per heavy atom. The highest BCUT2D eigenvalue weighted by Crippen LogP contribution is 2.25. The second kappa shape index (κ2) is 7.93. The van der Waals surface area contributed by atoms with E-state index in [1.165, 1.54) is 0 Å². The Kier molecular flexibility index (Phi) is 5.65. The molecule has 0 unspecified atom stereocenters. The number of hydrogen-bond donors (Lipinski definition) is 0. The third-order valence-electron chi connectivity index (χ3n) is 2.84. The van der Waals surface area contributed by atoms with E-state index in [2.05, 4.69) is 6.07 Å². The first kappa shape index (κ1) is 15.7. The maximum absolute atomic E-state index is 8.80. The third-order valence-corrected chi connectivity index (χ3v) is 3.13. The van der Waals surface area contributed by atoms with Crippen LogP contribution in [0.2, 0.25) is 5.02 Å². The molecule has 0 amide bonds. The van der Waals surface area contributed by atoms with E-state index in [1.54, 1.807) is 42.5 Å². The molecule has 0 aliphatic carbocycles. The number of hydrogen-bond acceptors (Lipinski definition) is 4. The normalized spacial score (nSPS) is 9.59. The van der Waals surface area contributed by atoms with E-state index in [4.69, 9.17) is 31.6 Å². The standard InChI is InChI=1S/C17H13ClN2O2/c18-16-10-14(12-20)5-6-17(16)22-8-2-7-21-15-4-1-3-13(9-15)11-19/h1,3-6,9-10H,2,7-8H2. The van der Waals surface area contributed by atoms with Crippen molar-refractivity contribution < 1.29 is 9.47 Å². The molecule has 0 radical (unpaired) electrons. The van der Waals surface area contributed by atoms with Gasteiger partial charge >= 0.3 is 0 Å². The molecule has 0 aliphatic heterocycles. The molecule has 0 bridgehead atoms. The van der Waals surface area contributed by atoms with Gasteiger partial charge in [-0.1, -0.05) is 17.7 Å². The van der Waals surface area contributed by atoms with Gasteiger partial charge < -0.3 is 9.47 Å². The first-order chi connectivity index (χ1) is 10.7. The summed E-state index contributed by atoms with van der Waals surface area (Å²) in [5.74, 6) is 1.21. The predicted octanol–water partition coefficient (Wildman–Crippen LogP) is 3.93. The van der Waals surface area contributed by atoms with Crippen LogP contribution in [0.25, 0.3) is 0 Å². The summed E-state index contributed by atoms with van der Waals surface area (Å²) in [6.45, 7) is 0.923. The van der Waals surface area contributed by atoms with Crippen molar-refractivity contribution in [2.75, 3.05) is 13.2 Å². The first-order valence-electron chi connectivity index (χ1n) is 6.68. The van der Waals surface area contributed by atoms with Crippen LogP contribution in [-0.2, 0) is 0 Å². The van der Waals surface area contributed by atoms with Crippen molar-refractivity contribution in [3.05, 3.63) is 58.6 Å². The Hall–Kier alpha value is -2.69. The minimum atomic E-state index is 0.418. The minimum absolute atomic E-state index is 0.418. The average Bonchev–Trinajstić information content (AvgIpc) is 2.56. The lowest BCUT2D eigenvalue weighted by Gasteiger charge is -2.09. The van der Waals surface area contributed by atoms with Crippen molar-refractivity contribution >= 4 is 11.6 Å². The van der Waals surface area contributed by atoms with Crippen LogP contribution in [0.4, 0.5) is 0 Å². The van der Waals surface area contributed by atoms with Gasteiger partial charge in [-0.2, -0.15) is 10.5 Å². The lowest BCUT2D eigenvalue weighted by Crippen LogP contribution is -2.05. The zero-order valence-corrected chi connectivity index (χ0v) is 12.5. The summed E-state index contributed by atoms with van der Waals surface area (Å²) >= 11 is 6.01. The van der Waals surface area contributed by atoms with Crippen LogP contribution < -0.4 is 9.47 Å². The van der Waals surface area contributed by atoms with Crippen LogP contribution in [0.15, 0.2) is 42.5 Å². The molecule has 0 saturated carbocycles. The molecule has 0 N–H and O–H groups in total. The molecule has 110 valence electrons. The predicted molar refractivity (Wildman–Crippen MR) is 82.9 cm³/mol. The lowest BCUT2D eigenvalue weighted by atomic mass is 10.2. The smallest absolute Gasteiger partial charge is 0.137 e. The topological polar surface area (TPSA) is 66.0 Å². The van der Waals surface area contributed by atoms with Gasteiger partial charge in [0.25, 0.3) is 0 Å². The summed E-state index contributed by atoms with van der Waals surface area (Å²) in [6.07, 6.45) is 0.674. The van der Waals surface area contributed by atoms with Crippen molar-refractivity contribution in [2.24, 2.45) is 0 Å². The molecule has 22 heavy (non-hydrogen) atoms. The quantitative estimate of drug-likeness (QED) is 0.758. The van der Waals surface area contributed by atoms with Gasteiger partial charge in [-0.05, 0) is 36.4 Å². The number of nitriles is 2. The molecule has 4 nitrogen and oxygen atoms in total. The Bertz CT molecular complexity index is 732. The van der Waals surface area contributed by atoms with Gasteiger partial charge in [-0.15, -0.1) is 0 Å². The molecule has 5 heteroatoms.